The zero-order chi connectivity index (χ0) is 15.3. The fraction of sp³-hybridized carbons (Fsp3) is 0.786. The maximum atomic E-state index is 12.9. The Bertz CT molecular complexity index is 537. The minimum Gasteiger partial charge on any atom is -0.313 e. The van der Waals surface area contributed by atoms with Gasteiger partial charge in [-0.3, -0.25) is 5.10 Å². The normalized spacial score (nSPS) is 15.8. The molecule has 0 saturated heterocycles. The second kappa shape index (κ2) is 7.38. The van der Waals surface area contributed by atoms with Crippen LogP contribution in [-0.4, -0.2) is 42.1 Å². The molecule has 0 aliphatic heterocycles. The van der Waals surface area contributed by atoms with Crippen molar-refractivity contribution >= 4 is 10.0 Å². The Balaban J connectivity index is 2.15. The molecule has 21 heavy (non-hydrogen) atoms. The number of rotatable bonds is 10. The number of sulfonamides is 1. The fourth-order valence-electron chi connectivity index (χ4n) is 2.34. The molecule has 7 heteroatoms. The molecule has 6 nitrogen and oxygen atoms in total. The van der Waals surface area contributed by atoms with Gasteiger partial charge in [0.1, 0.15) is 0 Å². The van der Waals surface area contributed by atoms with Crippen molar-refractivity contribution in [2.45, 2.75) is 63.6 Å². The van der Waals surface area contributed by atoms with Crippen LogP contribution in [-0.2, 0) is 16.6 Å². The third-order valence-corrected chi connectivity index (χ3v) is 5.64. The Morgan fingerprint density at radius 2 is 2.14 bits per heavy atom. The Morgan fingerprint density at radius 3 is 2.76 bits per heavy atom. The summed E-state index contributed by atoms with van der Waals surface area (Å²) in [6.45, 7) is 6.16. The second-order valence-corrected chi connectivity index (χ2v) is 7.43. The van der Waals surface area contributed by atoms with Crippen molar-refractivity contribution in [3.05, 3.63) is 11.8 Å². The number of aromatic nitrogens is 2. The van der Waals surface area contributed by atoms with Gasteiger partial charge in [-0.15, -0.1) is 0 Å². The zero-order valence-corrected chi connectivity index (χ0v) is 13.7. The van der Waals surface area contributed by atoms with Crippen molar-refractivity contribution in [3.63, 3.8) is 0 Å². The van der Waals surface area contributed by atoms with Crippen molar-refractivity contribution in [1.29, 1.82) is 0 Å². The van der Waals surface area contributed by atoms with Gasteiger partial charge in [-0.2, -0.15) is 9.40 Å². The maximum Gasteiger partial charge on any atom is 0.260 e. The molecule has 0 bridgehead atoms. The summed E-state index contributed by atoms with van der Waals surface area (Å²) in [5.74, 6) is 0. The van der Waals surface area contributed by atoms with E-state index in [1.54, 1.807) is 10.5 Å². The molecule has 2 rings (SSSR count). The quantitative estimate of drug-likeness (QED) is 0.646. The van der Waals surface area contributed by atoms with Crippen LogP contribution in [0, 0.1) is 0 Å². The van der Waals surface area contributed by atoms with Crippen molar-refractivity contribution in [1.82, 2.24) is 19.8 Å². The van der Waals surface area contributed by atoms with E-state index in [4.69, 9.17) is 0 Å². The van der Waals surface area contributed by atoms with E-state index in [1.165, 1.54) is 0 Å². The minimum absolute atomic E-state index is 0.182. The van der Waals surface area contributed by atoms with Crippen LogP contribution in [0.4, 0.5) is 0 Å². The molecular formula is C14H26N4O2S. The molecule has 0 radical (unpaired) electrons. The second-order valence-electron chi connectivity index (χ2n) is 5.60. The Morgan fingerprint density at radius 1 is 1.38 bits per heavy atom. The maximum absolute atomic E-state index is 12.9. The summed E-state index contributed by atoms with van der Waals surface area (Å²) in [6.07, 6.45) is 6.46. The number of nitrogens with one attached hydrogen (secondary N) is 2. The molecular weight excluding hydrogens is 288 g/mol. The van der Waals surface area contributed by atoms with E-state index in [9.17, 15) is 8.42 Å². The van der Waals surface area contributed by atoms with E-state index in [0.29, 0.717) is 13.1 Å². The third kappa shape index (κ3) is 4.05. The van der Waals surface area contributed by atoms with E-state index < -0.39 is 10.0 Å². The predicted molar refractivity (Wildman–Crippen MR) is 82.4 cm³/mol. The van der Waals surface area contributed by atoms with E-state index in [2.05, 4.69) is 29.4 Å². The van der Waals surface area contributed by atoms with Crippen molar-refractivity contribution in [2.24, 2.45) is 0 Å². The molecule has 1 heterocycles. The predicted octanol–water partition coefficient (Wildman–Crippen LogP) is 1.86. The lowest BCUT2D eigenvalue weighted by Gasteiger charge is -2.21. The molecule has 1 aromatic rings. The van der Waals surface area contributed by atoms with Gasteiger partial charge in [0.2, 0.25) is 0 Å². The van der Waals surface area contributed by atoms with Gasteiger partial charge in [0.05, 0.1) is 6.20 Å². The van der Waals surface area contributed by atoms with Gasteiger partial charge >= 0.3 is 0 Å². The lowest BCUT2D eigenvalue weighted by molar-refractivity contribution is 0.393. The number of aromatic amines is 1. The average Bonchev–Trinajstić information content (AvgIpc) is 3.16. The fourth-order valence-corrected chi connectivity index (χ4v) is 4.17. The highest BCUT2D eigenvalue weighted by molar-refractivity contribution is 7.89. The standard InChI is InChI=1S/C14H26N4O2S/c1-3-5-9-18(13-6-7-13)21(19,20)14-12(11-16-17-14)10-15-8-4-2/h11,13,15H,3-10H2,1-2H3,(H,16,17). The Hall–Kier alpha value is -0.920. The summed E-state index contributed by atoms with van der Waals surface area (Å²) in [7, 11) is -3.46. The van der Waals surface area contributed by atoms with Crippen molar-refractivity contribution in [2.75, 3.05) is 13.1 Å². The average molecular weight is 314 g/mol. The number of hydrogen-bond acceptors (Lipinski definition) is 4. The molecule has 1 aliphatic carbocycles. The van der Waals surface area contributed by atoms with Crippen LogP contribution in [0.5, 0.6) is 0 Å². The molecule has 120 valence electrons. The summed E-state index contributed by atoms with van der Waals surface area (Å²) in [4.78, 5) is 0. The van der Waals surface area contributed by atoms with E-state index in [1.807, 2.05) is 0 Å². The first-order valence-electron chi connectivity index (χ1n) is 7.86. The summed E-state index contributed by atoms with van der Waals surface area (Å²) >= 11 is 0. The lowest BCUT2D eigenvalue weighted by atomic mass is 10.3. The van der Waals surface area contributed by atoms with Gasteiger partial charge in [0.15, 0.2) is 5.03 Å². The largest absolute Gasteiger partial charge is 0.313 e. The van der Waals surface area contributed by atoms with Gasteiger partial charge in [-0.05, 0) is 32.2 Å². The first-order valence-corrected chi connectivity index (χ1v) is 9.30. The molecule has 0 unspecified atom stereocenters. The number of nitrogens with zero attached hydrogens (tertiary/aromatic N) is 2. The summed E-state index contributed by atoms with van der Waals surface area (Å²) in [5.41, 5.74) is 0.727. The molecule has 1 saturated carbocycles. The highest BCUT2D eigenvalue weighted by Crippen LogP contribution is 2.32. The van der Waals surface area contributed by atoms with Crippen LogP contribution in [0.3, 0.4) is 0 Å². The molecule has 2 N–H and O–H groups in total. The molecule has 0 atom stereocenters. The van der Waals surface area contributed by atoms with Crippen LogP contribution in [0.25, 0.3) is 0 Å². The summed E-state index contributed by atoms with van der Waals surface area (Å²) in [6, 6.07) is 0.182. The first-order chi connectivity index (χ1) is 10.1. The molecule has 0 amide bonds. The molecule has 1 fully saturated rings. The number of hydrogen-bond donors (Lipinski definition) is 2. The minimum atomic E-state index is -3.46. The van der Waals surface area contributed by atoms with Crippen LogP contribution in [0.2, 0.25) is 0 Å². The van der Waals surface area contributed by atoms with Crippen LogP contribution in [0.15, 0.2) is 11.2 Å². The SMILES string of the molecule is CCCCN(C1CC1)S(=O)(=O)c1[nH]ncc1CNCCC. The first kappa shape index (κ1) is 16.5. The summed E-state index contributed by atoms with van der Waals surface area (Å²) in [5, 5.41) is 10.1. The summed E-state index contributed by atoms with van der Waals surface area (Å²) < 4.78 is 27.4. The van der Waals surface area contributed by atoms with Gasteiger partial charge in [-0.1, -0.05) is 20.3 Å². The van der Waals surface area contributed by atoms with Gasteiger partial charge in [0.25, 0.3) is 10.0 Å². The lowest BCUT2D eigenvalue weighted by Crippen LogP contribution is -2.35. The number of unbranched alkanes of at least 4 members (excludes halogenated alkanes) is 1. The molecule has 1 aliphatic rings. The van der Waals surface area contributed by atoms with Gasteiger partial charge in [0, 0.05) is 24.7 Å². The molecule has 1 aromatic heterocycles. The van der Waals surface area contributed by atoms with Gasteiger partial charge in [-0.25, -0.2) is 8.42 Å². The van der Waals surface area contributed by atoms with E-state index >= 15 is 0 Å². The zero-order valence-electron chi connectivity index (χ0n) is 12.9. The number of H-pyrrole nitrogens is 1. The van der Waals surface area contributed by atoms with Gasteiger partial charge < -0.3 is 5.32 Å². The van der Waals surface area contributed by atoms with Crippen LogP contribution < -0.4 is 5.32 Å². The van der Waals surface area contributed by atoms with Crippen LogP contribution in [0.1, 0.15) is 51.5 Å². The van der Waals surface area contributed by atoms with E-state index in [-0.39, 0.29) is 11.1 Å². The Labute approximate surface area is 127 Å². The smallest absolute Gasteiger partial charge is 0.260 e. The molecule has 0 spiro atoms. The van der Waals surface area contributed by atoms with Crippen molar-refractivity contribution < 1.29 is 8.42 Å². The third-order valence-electron chi connectivity index (χ3n) is 3.67. The monoisotopic (exact) mass is 314 g/mol. The highest BCUT2D eigenvalue weighted by Gasteiger charge is 2.39. The highest BCUT2D eigenvalue weighted by atomic mass is 32.2. The van der Waals surface area contributed by atoms with Crippen molar-refractivity contribution in [3.8, 4) is 0 Å². The van der Waals surface area contributed by atoms with Crippen LogP contribution >= 0.6 is 0 Å². The topological polar surface area (TPSA) is 78.1 Å². The van der Waals surface area contributed by atoms with E-state index in [0.717, 1.165) is 44.2 Å². The Kier molecular flexibility index (Phi) is 5.78. The molecule has 0 aromatic carbocycles.